The zero-order valence-corrected chi connectivity index (χ0v) is 17.3. The first-order valence-electron chi connectivity index (χ1n) is 9.24. The number of aromatic amines is 1. The van der Waals surface area contributed by atoms with Crippen LogP contribution in [-0.2, 0) is 14.3 Å². The maximum atomic E-state index is 12.3. The maximum absolute atomic E-state index is 12.3. The third kappa shape index (κ3) is 5.68. The van der Waals surface area contributed by atoms with Gasteiger partial charge in [0.1, 0.15) is 5.69 Å². The number of likely N-dealkylation sites (N-methyl/N-ethyl adjacent to an activating group) is 1. The van der Waals surface area contributed by atoms with Crippen LogP contribution in [0.25, 0.3) is 0 Å². The number of carbonyl (C=O) groups excluding carboxylic acids is 3. The fourth-order valence-electron chi connectivity index (χ4n) is 3.05. The fraction of sp³-hybridized carbons (Fsp3) is 0.381. The number of hydrogen-bond acceptors (Lipinski definition) is 5. The Labute approximate surface area is 169 Å². The number of aliphatic hydroxyl groups is 1. The van der Waals surface area contributed by atoms with Crippen molar-refractivity contribution >= 4 is 23.5 Å². The van der Waals surface area contributed by atoms with Crippen LogP contribution in [0.1, 0.15) is 45.9 Å². The van der Waals surface area contributed by atoms with Crippen molar-refractivity contribution in [1.82, 2.24) is 9.88 Å². The number of nitrogens with one attached hydrogen (secondary N) is 2. The number of amides is 2. The van der Waals surface area contributed by atoms with Crippen LogP contribution in [0.15, 0.2) is 24.3 Å². The van der Waals surface area contributed by atoms with E-state index in [0.29, 0.717) is 22.5 Å². The van der Waals surface area contributed by atoms with E-state index in [1.54, 1.807) is 32.9 Å². The maximum Gasteiger partial charge on any atom is 0.355 e. The van der Waals surface area contributed by atoms with Crippen molar-refractivity contribution in [2.24, 2.45) is 0 Å². The molecule has 0 saturated heterocycles. The van der Waals surface area contributed by atoms with E-state index < -0.39 is 24.6 Å². The van der Waals surface area contributed by atoms with E-state index in [-0.39, 0.29) is 18.1 Å². The van der Waals surface area contributed by atoms with Gasteiger partial charge in [-0.2, -0.15) is 0 Å². The molecule has 0 aliphatic heterocycles. The molecule has 8 nitrogen and oxygen atoms in total. The van der Waals surface area contributed by atoms with Gasteiger partial charge in [0.15, 0.2) is 6.61 Å². The van der Waals surface area contributed by atoms with Crippen LogP contribution in [0.2, 0.25) is 0 Å². The Morgan fingerprint density at radius 3 is 2.34 bits per heavy atom. The molecule has 156 valence electrons. The van der Waals surface area contributed by atoms with E-state index in [0.717, 1.165) is 5.56 Å². The topological polar surface area (TPSA) is 112 Å². The lowest BCUT2D eigenvalue weighted by molar-refractivity contribution is -0.136. The second-order valence-corrected chi connectivity index (χ2v) is 7.08. The number of esters is 1. The lowest BCUT2D eigenvalue weighted by Crippen LogP contribution is -2.37. The second-order valence-electron chi connectivity index (χ2n) is 7.08. The molecule has 0 saturated carbocycles. The molecule has 2 amide bonds. The normalized spacial score (nSPS) is 11.7. The van der Waals surface area contributed by atoms with Crippen molar-refractivity contribution in [3.8, 4) is 0 Å². The largest absolute Gasteiger partial charge is 0.451 e. The van der Waals surface area contributed by atoms with Gasteiger partial charge >= 0.3 is 5.97 Å². The van der Waals surface area contributed by atoms with Crippen LogP contribution in [0, 0.1) is 20.8 Å². The van der Waals surface area contributed by atoms with E-state index in [9.17, 15) is 19.5 Å². The van der Waals surface area contributed by atoms with E-state index in [4.69, 9.17) is 4.74 Å². The zero-order chi connectivity index (χ0) is 21.7. The van der Waals surface area contributed by atoms with Gasteiger partial charge in [-0.05, 0) is 45.4 Å². The molecule has 0 bridgehead atoms. The standard InChI is InChI=1S/C21H27N3O5/c1-12-6-8-16(9-7-12)23-17(26)10-24(5)18(27)11-29-21(28)20-13(2)19(15(4)25)14(3)22-20/h6-9,15,22,25H,10-11H2,1-5H3,(H,23,26)/t15-/m0/s1. The predicted molar refractivity (Wildman–Crippen MR) is 109 cm³/mol. The lowest BCUT2D eigenvalue weighted by atomic mass is 10.1. The summed E-state index contributed by atoms with van der Waals surface area (Å²) in [6, 6.07) is 7.30. The van der Waals surface area contributed by atoms with Crippen molar-refractivity contribution in [2.75, 3.05) is 25.5 Å². The smallest absolute Gasteiger partial charge is 0.355 e. The molecule has 1 aromatic carbocycles. The van der Waals surface area contributed by atoms with Crippen LogP contribution in [0.4, 0.5) is 5.69 Å². The van der Waals surface area contributed by atoms with Crippen LogP contribution in [0.5, 0.6) is 0 Å². The SMILES string of the molecule is Cc1ccc(NC(=O)CN(C)C(=O)COC(=O)c2[nH]c(C)c([C@H](C)O)c2C)cc1. The molecule has 2 aromatic rings. The molecule has 0 unspecified atom stereocenters. The molecular weight excluding hydrogens is 374 g/mol. The predicted octanol–water partition coefficient (Wildman–Crippen LogP) is 2.25. The number of hydrogen-bond donors (Lipinski definition) is 3. The minimum Gasteiger partial charge on any atom is -0.451 e. The lowest BCUT2D eigenvalue weighted by Gasteiger charge is -2.17. The van der Waals surface area contributed by atoms with E-state index in [2.05, 4.69) is 10.3 Å². The Hall–Kier alpha value is -3.13. The first-order chi connectivity index (χ1) is 13.6. The summed E-state index contributed by atoms with van der Waals surface area (Å²) in [5.41, 5.74) is 3.80. The molecule has 29 heavy (non-hydrogen) atoms. The minimum absolute atomic E-state index is 0.170. The molecule has 0 fully saturated rings. The number of anilines is 1. The van der Waals surface area contributed by atoms with Crippen LogP contribution in [0.3, 0.4) is 0 Å². The van der Waals surface area contributed by atoms with Gasteiger partial charge in [0.05, 0.1) is 12.6 Å². The molecular formula is C21H27N3O5. The Balaban J connectivity index is 1.88. The van der Waals surface area contributed by atoms with Gasteiger partial charge in [0.25, 0.3) is 5.91 Å². The molecule has 1 atom stereocenters. The van der Waals surface area contributed by atoms with Crippen LogP contribution in [-0.4, -0.2) is 53.0 Å². The second kappa shape index (κ2) is 9.38. The molecule has 0 aliphatic carbocycles. The molecule has 2 rings (SSSR count). The summed E-state index contributed by atoms with van der Waals surface area (Å²) in [4.78, 5) is 40.6. The van der Waals surface area contributed by atoms with Gasteiger partial charge < -0.3 is 25.0 Å². The van der Waals surface area contributed by atoms with Gasteiger partial charge in [-0.1, -0.05) is 17.7 Å². The van der Waals surface area contributed by atoms with E-state index >= 15 is 0 Å². The Kier molecular flexibility index (Phi) is 7.17. The molecule has 0 radical (unpaired) electrons. The highest BCUT2D eigenvalue weighted by Gasteiger charge is 2.22. The van der Waals surface area contributed by atoms with Crippen molar-refractivity contribution in [3.63, 3.8) is 0 Å². The molecule has 8 heteroatoms. The van der Waals surface area contributed by atoms with Gasteiger partial charge in [-0.15, -0.1) is 0 Å². The highest BCUT2D eigenvalue weighted by molar-refractivity contribution is 5.95. The number of aryl methyl sites for hydroxylation is 2. The fourth-order valence-corrected chi connectivity index (χ4v) is 3.05. The number of H-pyrrole nitrogens is 1. The van der Waals surface area contributed by atoms with Gasteiger partial charge in [0.2, 0.25) is 5.91 Å². The average molecular weight is 401 g/mol. The monoisotopic (exact) mass is 401 g/mol. The summed E-state index contributed by atoms with van der Waals surface area (Å²) in [6.45, 7) is 6.34. The van der Waals surface area contributed by atoms with E-state index in [1.807, 2.05) is 19.1 Å². The van der Waals surface area contributed by atoms with Crippen molar-refractivity contribution in [2.45, 2.75) is 33.8 Å². The zero-order valence-electron chi connectivity index (χ0n) is 17.3. The third-order valence-corrected chi connectivity index (χ3v) is 4.59. The molecule has 3 N–H and O–H groups in total. The van der Waals surface area contributed by atoms with Crippen LogP contribution >= 0.6 is 0 Å². The summed E-state index contributed by atoms with van der Waals surface area (Å²) < 4.78 is 5.08. The highest BCUT2D eigenvalue weighted by atomic mass is 16.5. The quantitative estimate of drug-likeness (QED) is 0.616. The number of nitrogens with zero attached hydrogens (tertiary/aromatic N) is 1. The Morgan fingerprint density at radius 2 is 1.79 bits per heavy atom. The molecule has 0 spiro atoms. The minimum atomic E-state index is -0.729. The summed E-state index contributed by atoms with van der Waals surface area (Å²) in [5.74, 6) is -1.55. The number of aliphatic hydroxyl groups excluding tert-OH is 1. The van der Waals surface area contributed by atoms with Crippen molar-refractivity contribution in [3.05, 3.63) is 52.3 Å². The first-order valence-corrected chi connectivity index (χ1v) is 9.24. The average Bonchev–Trinajstić information content (AvgIpc) is 2.95. The van der Waals surface area contributed by atoms with Gasteiger partial charge in [-0.25, -0.2) is 4.79 Å². The van der Waals surface area contributed by atoms with E-state index in [1.165, 1.54) is 11.9 Å². The molecule has 1 heterocycles. The van der Waals surface area contributed by atoms with Gasteiger partial charge in [-0.3, -0.25) is 9.59 Å². The molecule has 1 aromatic heterocycles. The number of aromatic nitrogens is 1. The van der Waals surface area contributed by atoms with Gasteiger partial charge in [0, 0.05) is 24.0 Å². The number of carbonyl (C=O) groups is 3. The summed E-state index contributed by atoms with van der Waals surface area (Å²) >= 11 is 0. The summed E-state index contributed by atoms with van der Waals surface area (Å²) in [6.07, 6.45) is -0.729. The van der Waals surface area contributed by atoms with Crippen molar-refractivity contribution in [1.29, 1.82) is 0 Å². The highest BCUT2D eigenvalue weighted by Crippen LogP contribution is 2.24. The summed E-state index contributed by atoms with van der Waals surface area (Å²) in [5, 5.41) is 12.5. The number of ether oxygens (including phenoxy) is 1. The van der Waals surface area contributed by atoms with Crippen molar-refractivity contribution < 1.29 is 24.2 Å². The molecule has 0 aliphatic rings. The third-order valence-electron chi connectivity index (χ3n) is 4.59. The Morgan fingerprint density at radius 1 is 1.17 bits per heavy atom. The first kappa shape index (κ1) is 22.2. The Bertz CT molecular complexity index is 900. The van der Waals surface area contributed by atoms with Crippen LogP contribution < -0.4 is 5.32 Å². The number of rotatable bonds is 7. The summed E-state index contributed by atoms with van der Waals surface area (Å²) in [7, 11) is 1.46. The number of benzene rings is 1.